The zero-order valence-electron chi connectivity index (χ0n) is 9.31. The average molecular weight is 240 g/mol. The van der Waals surface area contributed by atoms with Gasteiger partial charge >= 0.3 is 0 Å². The van der Waals surface area contributed by atoms with Crippen molar-refractivity contribution in [2.24, 2.45) is 0 Å². The molecule has 0 bridgehead atoms. The number of thioether (sulfide) groups is 1. The summed E-state index contributed by atoms with van der Waals surface area (Å²) in [7, 11) is 1.58. The van der Waals surface area contributed by atoms with Crippen LogP contribution in [0.1, 0.15) is 12.8 Å². The molecule has 1 aromatic heterocycles. The predicted molar refractivity (Wildman–Crippen MR) is 64.9 cm³/mol. The molecular formula is C11H16N2O2S. The van der Waals surface area contributed by atoms with Crippen molar-refractivity contribution in [2.75, 3.05) is 25.2 Å². The van der Waals surface area contributed by atoms with Crippen molar-refractivity contribution in [1.29, 1.82) is 0 Å². The number of nitrogen functional groups attached to an aromatic ring is 1. The first kappa shape index (κ1) is 11.5. The van der Waals surface area contributed by atoms with Crippen molar-refractivity contribution in [3.8, 4) is 5.88 Å². The van der Waals surface area contributed by atoms with Gasteiger partial charge in [-0.25, -0.2) is 4.98 Å². The number of nitrogens with two attached hydrogens (primary N) is 1. The molecule has 1 aliphatic rings. The summed E-state index contributed by atoms with van der Waals surface area (Å²) >= 11 is 1.68. The Kier molecular flexibility index (Phi) is 3.90. The standard InChI is InChI=1S/C11H16N2O2S/c1-14-11-9(12)4-5-10(13-11)16-7-8-3-2-6-15-8/h4-5,8H,2-3,6-7,12H2,1H3. The Labute approximate surface area is 99.5 Å². The summed E-state index contributed by atoms with van der Waals surface area (Å²) in [6.45, 7) is 0.893. The maximum atomic E-state index is 5.70. The zero-order valence-corrected chi connectivity index (χ0v) is 10.1. The summed E-state index contributed by atoms with van der Waals surface area (Å²) in [5.74, 6) is 1.44. The van der Waals surface area contributed by atoms with E-state index in [2.05, 4.69) is 4.98 Å². The number of ether oxygens (including phenoxy) is 2. The number of hydrogen-bond donors (Lipinski definition) is 1. The number of hydrogen-bond acceptors (Lipinski definition) is 5. The van der Waals surface area contributed by atoms with Crippen LogP contribution >= 0.6 is 11.8 Å². The Bertz CT molecular complexity index is 354. The zero-order chi connectivity index (χ0) is 11.4. The van der Waals surface area contributed by atoms with Crippen LogP contribution in [0.3, 0.4) is 0 Å². The van der Waals surface area contributed by atoms with Crippen molar-refractivity contribution < 1.29 is 9.47 Å². The quantitative estimate of drug-likeness (QED) is 0.815. The van der Waals surface area contributed by atoms with E-state index in [9.17, 15) is 0 Å². The lowest BCUT2D eigenvalue weighted by Gasteiger charge is -2.09. The summed E-state index contributed by atoms with van der Waals surface area (Å²) in [5, 5.41) is 0.932. The van der Waals surface area contributed by atoms with E-state index >= 15 is 0 Å². The first-order valence-electron chi connectivity index (χ1n) is 5.34. The Hall–Kier alpha value is -0.940. The molecule has 0 aromatic carbocycles. The molecule has 1 fully saturated rings. The minimum absolute atomic E-state index is 0.371. The van der Waals surface area contributed by atoms with Gasteiger partial charge in [0.15, 0.2) is 0 Å². The smallest absolute Gasteiger partial charge is 0.237 e. The lowest BCUT2D eigenvalue weighted by Crippen LogP contribution is -2.08. The van der Waals surface area contributed by atoms with Crippen LogP contribution in [0.4, 0.5) is 5.69 Å². The molecule has 16 heavy (non-hydrogen) atoms. The van der Waals surface area contributed by atoms with E-state index in [4.69, 9.17) is 15.2 Å². The van der Waals surface area contributed by atoms with Crippen LogP contribution < -0.4 is 10.5 Å². The Balaban J connectivity index is 1.93. The topological polar surface area (TPSA) is 57.4 Å². The highest BCUT2D eigenvalue weighted by atomic mass is 32.2. The summed E-state index contributed by atoms with van der Waals surface area (Å²) < 4.78 is 10.6. The second-order valence-electron chi connectivity index (χ2n) is 3.69. The molecule has 0 aliphatic carbocycles. The van der Waals surface area contributed by atoms with Gasteiger partial charge in [0, 0.05) is 12.4 Å². The molecular weight excluding hydrogens is 224 g/mol. The van der Waals surface area contributed by atoms with Crippen LogP contribution in [-0.2, 0) is 4.74 Å². The van der Waals surface area contributed by atoms with Crippen LogP contribution in [0.25, 0.3) is 0 Å². The van der Waals surface area contributed by atoms with Gasteiger partial charge in [0.25, 0.3) is 0 Å². The maximum absolute atomic E-state index is 5.70. The van der Waals surface area contributed by atoms with Crippen LogP contribution in [-0.4, -0.2) is 30.6 Å². The molecule has 5 heteroatoms. The molecule has 1 aromatic rings. The number of methoxy groups -OCH3 is 1. The van der Waals surface area contributed by atoms with Gasteiger partial charge in [-0.15, -0.1) is 11.8 Å². The third-order valence-electron chi connectivity index (χ3n) is 2.50. The summed E-state index contributed by atoms with van der Waals surface area (Å²) in [5.41, 5.74) is 6.27. The van der Waals surface area contributed by atoms with Crippen LogP contribution in [0, 0.1) is 0 Å². The van der Waals surface area contributed by atoms with E-state index in [-0.39, 0.29) is 0 Å². The second kappa shape index (κ2) is 5.41. The summed E-state index contributed by atoms with van der Waals surface area (Å²) in [4.78, 5) is 4.31. The number of aromatic nitrogens is 1. The molecule has 1 aliphatic heterocycles. The van der Waals surface area contributed by atoms with Crippen molar-refractivity contribution in [1.82, 2.24) is 4.98 Å². The van der Waals surface area contributed by atoms with Gasteiger partial charge in [0.1, 0.15) is 5.03 Å². The number of anilines is 1. The lowest BCUT2D eigenvalue weighted by molar-refractivity contribution is 0.129. The van der Waals surface area contributed by atoms with Crippen molar-refractivity contribution >= 4 is 17.4 Å². The van der Waals surface area contributed by atoms with E-state index in [1.807, 2.05) is 12.1 Å². The van der Waals surface area contributed by atoms with Gasteiger partial charge in [-0.2, -0.15) is 0 Å². The molecule has 0 amide bonds. The third kappa shape index (κ3) is 2.80. The monoisotopic (exact) mass is 240 g/mol. The molecule has 0 spiro atoms. The second-order valence-corrected chi connectivity index (χ2v) is 4.73. The molecule has 88 valence electrons. The number of nitrogens with zero attached hydrogens (tertiary/aromatic N) is 1. The highest BCUT2D eigenvalue weighted by molar-refractivity contribution is 7.99. The Morgan fingerprint density at radius 1 is 1.62 bits per heavy atom. The molecule has 4 nitrogen and oxygen atoms in total. The van der Waals surface area contributed by atoms with E-state index in [1.165, 1.54) is 6.42 Å². The molecule has 0 saturated carbocycles. The van der Waals surface area contributed by atoms with E-state index in [0.717, 1.165) is 23.8 Å². The van der Waals surface area contributed by atoms with Gasteiger partial charge in [-0.3, -0.25) is 0 Å². The third-order valence-corrected chi connectivity index (χ3v) is 3.56. The fourth-order valence-electron chi connectivity index (χ4n) is 1.63. The molecule has 2 heterocycles. The first-order valence-corrected chi connectivity index (χ1v) is 6.33. The molecule has 0 radical (unpaired) electrons. The van der Waals surface area contributed by atoms with E-state index in [0.29, 0.717) is 17.7 Å². The fourth-order valence-corrected chi connectivity index (χ4v) is 2.56. The Morgan fingerprint density at radius 2 is 2.50 bits per heavy atom. The molecule has 2 rings (SSSR count). The highest BCUT2D eigenvalue weighted by Crippen LogP contribution is 2.26. The fraction of sp³-hybridized carbons (Fsp3) is 0.545. The number of pyridine rings is 1. The van der Waals surface area contributed by atoms with Crippen molar-refractivity contribution in [2.45, 2.75) is 24.0 Å². The van der Waals surface area contributed by atoms with Crippen molar-refractivity contribution in [3.63, 3.8) is 0 Å². The minimum atomic E-state index is 0.371. The van der Waals surface area contributed by atoms with E-state index < -0.39 is 0 Å². The Morgan fingerprint density at radius 3 is 3.19 bits per heavy atom. The van der Waals surface area contributed by atoms with Crippen LogP contribution in [0.5, 0.6) is 5.88 Å². The van der Waals surface area contributed by atoms with Gasteiger partial charge in [0.05, 0.1) is 18.9 Å². The number of rotatable bonds is 4. The van der Waals surface area contributed by atoms with Crippen molar-refractivity contribution in [3.05, 3.63) is 12.1 Å². The molecule has 2 N–H and O–H groups in total. The van der Waals surface area contributed by atoms with Crippen LogP contribution in [0.15, 0.2) is 17.2 Å². The lowest BCUT2D eigenvalue weighted by atomic mass is 10.3. The van der Waals surface area contributed by atoms with Gasteiger partial charge in [0.2, 0.25) is 5.88 Å². The first-order chi connectivity index (χ1) is 7.79. The van der Waals surface area contributed by atoms with Gasteiger partial charge < -0.3 is 15.2 Å². The molecule has 1 atom stereocenters. The van der Waals surface area contributed by atoms with Crippen LogP contribution in [0.2, 0.25) is 0 Å². The predicted octanol–water partition coefficient (Wildman–Crippen LogP) is 1.94. The largest absolute Gasteiger partial charge is 0.480 e. The summed E-state index contributed by atoms with van der Waals surface area (Å²) in [6, 6.07) is 3.74. The maximum Gasteiger partial charge on any atom is 0.237 e. The molecule has 1 saturated heterocycles. The minimum Gasteiger partial charge on any atom is -0.480 e. The highest BCUT2D eigenvalue weighted by Gasteiger charge is 2.16. The average Bonchev–Trinajstić information content (AvgIpc) is 2.81. The normalized spacial score (nSPS) is 19.9. The summed E-state index contributed by atoms with van der Waals surface area (Å²) in [6.07, 6.45) is 2.69. The SMILES string of the molecule is COc1nc(SCC2CCCO2)ccc1N. The van der Waals surface area contributed by atoms with Gasteiger partial charge in [-0.05, 0) is 25.0 Å². The van der Waals surface area contributed by atoms with Gasteiger partial charge in [-0.1, -0.05) is 0 Å². The van der Waals surface area contributed by atoms with E-state index in [1.54, 1.807) is 18.9 Å². The molecule has 1 unspecified atom stereocenters.